The maximum Gasteiger partial charge on any atom is 0.321 e. The van der Waals surface area contributed by atoms with Crippen LogP contribution in [0.3, 0.4) is 0 Å². The largest absolute Gasteiger partial charge is 0.618 e. The molecule has 3 aromatic carbocycles. The van der Waals surface area contributed by atoms with Crippen LogP contribution < -0.4 is 30.1 Å². The van der Waals surface area contributed by atoms with Crippen LogP contribution in [0.4, 0.5) is 17.1 Å². The lowest BCUT2D eigenvalue weighted by atomic mass is 9.84. The first-order chi connectivity index (χ1) is 50.9. The lowest BCUT2D eigenvalue weighted by Crippen LogP contribution is -2.41. The molecular weight excluding hydrogens is 1340 g/mol. The number of fused-ring (bicyclic) bond motifs is 3. The molecule has 9 heterocycles. The van der Waals surface area contributed by atoms with Gasteiger partial charge in [0.25, 0.3) is 17.1 Å². The third-order valence-corrected chi connectivity index (χ3v) is 21.1. The molecule has 12 aromatic rings. The number of aromatic nitrogens is 12. The zero-order valence-corrected chi connectivity index (χ0v) is 60.3. The minimum absolute atomic E-state index is 0.00925. The summed E-state index contributed by atoms with van der Waals surface area (Å²) < 4.78 is 8.03. The summed E-state index contributed by atoms with van der Waals surface area (Å²) in [4.78, 5) is 53.0. The van der Waals surface area contributed by atoms with E-state index in [-0.39, 0.29) is 47.0 Å². The molecule has 24 heteroatoms. The molecule has 24 nitrogen and oxygen atoms in total. The van der Waals surface area contributed by atoms with Crippen molar-refractivity contribution in [3.63, 3.8) is 0 Å². The van der Waals surface area contributed by atoms with Gasteiger partial charge in [-0.25, -0.2) is 0 Å². The zero-order chi connectivity index (χ0) is 74.2. The van der Waals surface area contributed by atoms with Crippen molar-refractivity contribution >= 4 is 67.5 Å². The summed E-state index contributed by atoms with van der Waals surface area (Å²) >= 11 is 0. The molecule has 106 heavy (non-hydrogen) atoms. The van der Waals surface area contributed by atoms with E-state index in [1.165, 1.54) is 12.1 Å². The number of carbonyl (C=O) groups is 3. The van der Waals surface area contributed by atoms with E-state index in [1.54, 1.807) is 68.0 Å². The number of rotatable bonds is 14. The predicted octanol–water partition coefficient (Wildman–Crippen LogP) is 13.9. The van der Waals surface area contributed by atoms with Crippen LogP contribution >= 0.6 is 0 Å². The summed E-state index contributed by atoms with van der Waals surface area (Å²) in [5.41, 5.74) is 8.34. The molecule has 3 amide bonds. The second-order valence-corrected chi connectivity index (χ2v) is 29.9. The van der Waals surface area contributed by atoms with Crippen LogP contribution in [0.25, 0.3) is 66.5 Å². The Morgan fingerprint density at radius 2 is 0.783 bits per heavy atom. The van der Waals surface area contributed by atoms with E-state index in [1.807, 2.05) is 158 Å². The van der Waals surface area contributed by atoms with Crippen LogP contribution in [0.5, 0.6) is 0 Å². The number of hydrogen-bond acceptors (Lipinski definition) is 15. The number of nitrogens with zero attached hydrogens (tertiary/aromatic N) is 12. The number of aryl methyl sites for hydroxylation is 1. The first kappa shape index (κ1) is 71.6. The summed E-state index contributed by atoms with van der Waals surface area (Å²) in [7, 11) is 0. The molecule has 0 spiro atoms. The number of benzene rings is 3. The first-order valence-corrected chi connectivity index (χ1v) is 36.5. The summed E-state index contributed by atoms with van der Waals surface area (Å²) in [5, 5.41) is 95.1. The highest BCUT2D eigenvalue weighted by molar-refractivity contribution is 6.08. The summed E-state index contributed by atoms with van der Waals surface area (Å²) in [6.07, 6.45) is 22.6. The number of aliphatic hydroxyl groups is 3. The Bertz CT molecular complexity index is 5010. The van der Waals surface area contributed by atoms with Crippen molar-refractivity contribution in [3.05, 3.63) is 233 Å². The number of hydrogen-bond donors (Lipinski definition) is 6. The smallest absolute Gasteiger partial charge is 0.321 e. The van der Waals surface area contributed by atoms with Gasteiger partial charge in [0.05, 0.1) is 85.6 Å². The van der Waals surface area contributed by atoms with Crippen LogP contribution in [0.15, 0.2) is 183 Å². The monoisotopic (exact) mass is 1430 g/mol. The Kier molecular flexibility index (Phi) is 20.0. The quantitative estimate of drug-likeness (QED) is 0.0435. The summed E-state index contributed by atoms with van der Waals surface area (Å²) in [6.45, 7) is 11.2. The van der Waals surface area contributed by atoms with E-state index in [0.29, 0.717) is 60.7 Å². The highest BCUT2D eigenvalue weighted by Gasteiger charge is 2.36. The normalized spacial score (nSPS) is 20.8. The van der Waals surface area contributed by atoms with Crippen molar-refractivity contribution in [3.8, 4) is 33.8 Å². The van der Waals surface area contributed by atoms with Crippen LogP contribution in [0.2, 0.25) is 0 Å². The van der Waals surface area contributed by atoms with E-state index in [9.17, 15) is 45.3 Å². The van der Waals surface area contributed by atoms with Gasteiger partial charge in [-0.3, -0.25) is 43.4 Å². The second-order valence-electron chi connectivity index (χ2n) is 29.9. The van der Waals surface area contributed by atoms with Gasteiger partial charge in [0.15, 0.2) is 17.1 Å². The predicted molar refractivity (Wildman–Crippen MR) is 404 cm³/mol. The summed E-state index contributed by atoms with van der Waals surface area (Å²) in [6, 6.07) is 43.9. The Hall–Kier alpha value is -11.3. The maximum atomic E-state index is 13.3. The molecule has 6 N–H and O–H groups in total. The fourth-order valence-electron chi connectivity index (χ4n) is 14.6. The van der Waals surface area contributed by atoms with Gasteiger partial charge < -0.3 is 46.9 Å². The van der Waals surface area contributed by atoms with Gasteiger partial charge in [-0.1, -0.05) is 32.0 Å². The lowest BCUT2D eigenvalue weighted by Gasteiger charge is -2.33. The van der Waals surface area contributed by atoms with E-state index < -0.39 is 34.5 Å². The van der Waals surface area contributed by atoms with Crippen LogP contribution in [-0.4, -0.2) is 94.1 Å². The molecule has 16 rings (SSSR count). The Morgan fingerprint density at radius 3 is 1.12 bits per heavy atom. The fourth-order valence-corrected chi connectivity index (χ4v) is 14.6. The van der Waals surface area contributed by atoms with Crippen molar-refractivity contribution < 1.29 is 43.9 Å². The first-order valence-electron chi connectivity index (χ1n) is 36.5. The highest BCUT2D eigenvalue weighted by atomic mass is 16.5. The van der Waals surface area contributed by atoms with Crippen molar-refractivity contribution in [1.82, 2.24) is 44.3 Å². The lowest BCUT2D eigenvalue weighted by molar-refractivity contribution is -0.617. The van der Waals surface area contributed by atoms with Gasteiger partial charge in [-0.15, -0.1) is 0 Å². The minimum atomic E-state index is -0.613. The number of carbonyl (C=O) groups excluding carboxylic acids is 3. The molecule has 0 atom stereocenters. The molecule has 544 valence electrons. The van der Waals surface area contributed by atoms with E-state index in [4.69, 9.17) is 15.3 Å². The maximum absolute atomic E-state index is 13.3. The molecule has 4 aliphatic rings. The molecular formula is C82H87N15O9. The van der Waals surface area contributed by atoms with Crippen molar-refractivity contribution in [2.75, 3.05) is 16.0 Å². The molecule has 4 fully saturated rings. The molecule has 9 aromatic heterocycles. The Labute approximate surface area is 613 Å². The van der Waals surface area contributed by atoms with Crippen LogP contribution in [0.1, 0.15) is 203 Å². The number of nitrogens with one attached hydrogen (secondary N) is 3. The minimum Gasteiger partial charge on any atom is -0.618 e. The Morgan fingerprint density at radius 1 is 0.443 bits per heavy atom. The van der Waals surface area contributed by atoms with Gasteiger partial charge in [0, 0.05) is 125 Å². The van der Waals surface area contributed by atoms with Gasteiger partial charge in [0.2, 0.25) is 0 Å². The Balaban J connectivity index is 0.000000134. The van der Waals surface area contributed by atoms with E-state index in [0.717, 1.165) is 144 Å². The number of amides is 3. The van der Waals surface area contributed by atoms with Crippen molar-refractivity contribution in [2.45, 2.75) is 178 Å². The van der Waals surface area contributed by atoms with E-state index >= 15 is 0 Å². The fraction of sp³-hybridized carbons (Fsp3) is 0.341. The van der Waals surface area contributed by atoms with Crippen LogP contribution in [0, 0.1) is 22.5 Å². The topological polar surface area (TPSA) is 321 Å². The molecule has 0 unspecified atom stereocenters. The van der Waals surface area contributed by atoms with E-state index in [2.05, 4.69) is 30.9 Å². The van der Waals surface area contributed by atoms with Gasteiger partial charge in [-0.05, 0) is 202 Å². The van der Waals surface area contributed by atoms with Gasteiger partial charge >= 0.3 is 17.7 Å². The standard InChI is InChI=1S/C28H29N5O3.C28H31N5O3.C26H27N5O3/c1-28(35)12-10-20(11-13-28)32-17-19-15-24(21(16-23(19)31-32)22-5-2-3-14-29-22)30-27(34)26-7-4-6-25(33(26)36)18-8-9-18;1-18(2)25-8-6-9-26(33(25)36)27(34)30-24-15-19-17-32(20-10-12-28(3,35)13-11-20)31-23(19)16-21(24)22-7-4-5-14-29-22;1-17-6-5-8-24(31(17)34)25(32)28-23-14-18-16-30(19-9-11-26(2,33)12-10-19)29-22(18)15-20(23)21-7-3-4-13-27-21/h2-7,14-18,20,35H,8-13H2,1H3,(H,30,34);4-9,14-18,20,35H,10-13H2,1-3H3,(H,30,34);3-8,13-16,19,33H,9-12H2,1-2H3,(H,28,32). The zero-order valence-electron chi connectivity index (χ0n) is 60.3. The van der Waals surface area contributed by atoms with Crippen molar-refractivity contribution in [2.24, 2.45) is 0 Å². The number of anilines is 3. The summed E-state index contributed by atoms with van der Waals surface area (Å²) in [5.74, 6) is -1.19. The molecule has 0 bridgehead atoms. The van der Waals surface area contributed by atoms with Gasteiger partial charge in [0.1, 0.15) is 0 Å². The third kappa shape index (κ3) is 15.8. The molecule has 0 saturated heterocycles. The third-order valence-electron chi connectivity index (χ3n) is 21.1. The molecule has 4 saturated carbocycles. The molecule has 4 aliphatic carbocycles. The average Bonchev–Trinajstić information content (AvgIpc) is 1.60. The second kappa shape index (κ2) is 29.7. The SMILES string of the molecule is CC(C)c1cccc(C(=O)Nc2cc3cn(C4CCC(C)(O)CC4)nc3cc2-c2ccccn2)[n+]1[O-].CC1(O)CCC(n2cc3cc(NC(=O)c4cccc(C5CC5)[n+]4[O-])c(-c4ccccn4)cc3n2)CC1.Cc1cccc(C(=O)Nc2cc3cn(C4CCC(C)(O)CC4)nc3cc2-c2ccccn2)[n+]1[O-]. The molecule has 0 radical (unpaired) electrons. The average molecular weight is 1430 g/mol. The number of pyridine rings is 6. The molecule has 0 aliphatic heterocycles. The highest BCUT2D eigenvalue weighted by Crippen LogP contribution is 2.42. The van der Waals surface area contributed by atoms with Crippen molar-refractivity contribution in [1.29, 1.82) is 0 Å². The van der Waals surface area contributed by atoms with Crippen LogP contribution in [-0.2, 0) is 0 Å². The van der Waals surface area contributed by atoms with Gasteiger partial charge in [-0.2, -0.15) is 29.5 Å².